The molecule has 0 radical (unpaired) electrons. The number of carboxylic acid groups (broad SMARTS) is 1. The number of amides is 1. The Kier molecular flexibility index (Phi) is 6.54. The van der Waals surface area contributed by atoms with Gasteiger partial charge in [0.05, 0.1) is 18.3 Å². The number of aromatic carboxylic acids is 1. The SMILES string of the molecule is CC(C)(C)NC(=O)CCN(N=Cc1cc(C(=O)O)ccc1O)C1=NS(=O)(=O)c2ccccc21. The summed E-state index contributed by atoms with van der Waals surface area (Å²) >= 11 is 0. The molecule has 1 heterocycles. The molecule has 10 nitrogen and oxygen atoms in total. The standard InChI is InChI=1S/C22H24N4O6S/c1-22(2,3)24-19(28)10-11-26(20-16-6-4-5-7-18(16)33(31,32)25-20)23-13-15-12-14(21(29)30)8-9-17(15)27/h4-9,12-13,27H,10-11H2,1-3H3,(H,24,28)(H,29,30). The average Bonchev–Trinajstić information content (AvgIpc) is 2.99. The molecule has 1 amide bonds. The summed E-state index contributed by atoms with van der Waals surface area (Å²) < 4.78 is 28.8. The minimum Gasteiger partial charge on any atom is -0.507 e. The average molecular weight is 473 g/mol. The molecule has 0 fully saturated rings. The summed E-state index contributed by atoms with van der Waals surface area (Å²) in [6.45, 7) is 5.50. The van der Waals surface area contributed by atoms with E-state index < -0.39 is 21.5 Å². The van der Waals surface area contributed by atoms with Gasteiger partial charge in [-0.3, -0.25) is 4.79 Å². The van der Waals surface area contributed by atoms with E-state index in [1.54, 1.807) is 18.2 Å². The first-order chi connectivity index (χ1) is 15.4. The normalized spacial score (nSPS) is 14.6. The van der Waals surface area contributed by atoms with Gasteiger partial charge in [-0.1, -0.05) is 12.1 Å². The van der Waals surface area contributed by atoms with Crippen molar-refractivity contribution < 1.29 is 28.2 Å². The van der Waals surface area contributed by atoms with Crippen LogP contribution in [0.1, 0.15) is 48.7 Å². The van der Waals surface area contributed by atoms with Crippen LogP contribution in [-0.4, -0.2) is 59.7 Å². The summed E-state index contributed by atoms with van der Waals surface area (Å²) in [4.78, 5) is 23.6. The van der Waals surface area contributed by atoms with Crippen molar-refractivity contribution in [2.24, 2.45) is 9.50 Å². The van der Waals surface area contributed by atoms with E-state index in [1.807, 2.05) is 20.8 Å². The van der Waals surface area contributed by atoms with Crippen molar-refractivity contribution in [2.45, 2.75) is 37.6 Å². The number of carbonyl (C=O) groups excluding carboxylic acids is 1. The largest absolute Gasteiger partial charge is 0.507 e. The number of nitrogens with one attached hydrogen (secondary N) is 1. The van der Waals surface area contributed by atoms with Gasteiger partial charge in [-0.15, -0.1) is 4.40 Å². The Morgan fingerprint density at radius 2 is 1.88 bits per heavy atom. The molecule has 1 aliphatic heterocycles. The fourth-order valence-corrected chi connectivity index (χ4v) is 4.31. The predicted octanol–water partition coefficient (Wildman–Crippen LogP) is 2.18. The minimum absolute atomic E-state index is 0.0134. The first kappa shape index (κ1) is 23.9. The van der Waals surface area contributed by atoms with Gasteiger partial charge < -0.3 is 15.5 Å². The molecule has 11 heteroatoms. The summed E-state index contributed by atoms with van der Waals surface area (Å²) in [6, 6.07) is 9.94. The maximum Gasteiger partial charge on any atom is 0.335 e. The van der Waals surface area contributed by atoms with Gasteiger partial charge in [0, 0.05) is 23.1 Å². The number of phenolic OH excluding ortho intramolecular Hbond substituents is 1. The topological polar surface area (TPSA) is 149 Å². The lowest BCUT2D eigenvalue weighted by atomic mass is 10.1. The Bertz CT molecular complexity index is 1260. The number of phenols is 1. The summed E-state index contributed by atoms with van der Waals surface area (Å²) in [5, 5.41) is 27.6. The molecule has 0 atom stereocenters. The van der Waals surface area contributed by atoms with Gasteiger partial charge in [-0.25, -0.2) is 9.80 Å². The third-order valence-electron chi connectivity index (χ3n) is 4.53. The fraction of sp³-hybridized carbons (Fsp3) is 0.273. The number of hydrogen-bond donors (Lipinski definition) is 3. The zero-order valence-electron chi connectivity index (χ0n) is 18.3. The van der Waals surface area contributed by atoms with Crippen LogP contribution in [0.15, 0.2) is 56.9 Å². The highest BCUT2D eigenvalue weighted by Crippen LogP contribution is 2.28. The van der Waals surface area contributed by atoms with Crippen molar-refractivity contribution in [3.8, 4) is 5.75 Å². The minimum atomic E-state index is -3.93. The molecule has 0 saturated carbocycles. The van der Waals surface area contributed by atoms with Crippen LogP contribution in [0.2, 0.25) is 0 Å². The van der Waals surface area contributed by atoms with Crippen molar-refractivity contribution >= 4 is 33.9 Å². The second kappa shape index (κ2) is 9.02. The number of rotatable bonds is 6. The molecule has 0 unspecified atom stereocenters. The van der Waals surface area contributed by atoms with Gasteiger partial charge in [-0.2, -0.15) is 13.5 Å². The van der Waals surface area contributed by atoms with Crippen LogP contribution < -0.4 is 5.32 Å². The Morgan fingerprint density at radius 3 is 2.55 bits per heavy atom. The summed E-state index contributed by atoms with van der Waals surface area (Å²) in [6.07, 6.45) is 1.18. The molecule has 0 saturated heterocycles. The quantitative estimate of drug-likeness (QED) is 0.431. The van der Waals surface area contributed by atoms with Crippen LogP contribution in [-0.2, 0) is 14.8 Å². The van der Waals surface area contributed by atoms with Crippen LogP contribution in [0.4, 0.5) is 0 Å². The highest BCUT2D eigenvalue weighted by molar-refractivity contribution is 7.90. The lowest BCUT2D eigenvalue weighted by molar-refractivity contribution is -0.122. The molecule has 33 heavy (non-hydrogen) atoms. The molecule has 0 aliphatic carbocycles. The molecule has 1 aliphatic rings. The van der Waals surface area contributed by atoms with Crippen LogP contribution in [0.3, 0.4) is 0 Å². The summed E-state index contributed by atoms with van der Waals surface area (Å²) in [5.74, 6) is -1.64. The lowest BCUT2D eigenvalue weighted by Crippen LogP contribution is -2.42. The van der Waals surface area contributed by atoms with Crippen LogP contribution in [0, 0.1) is 0 Å². The fourth-order valence-electron chi connectivity index (χ4n) is 3.10. The number of carbonyl (C=O) groups is 2. The van der Waals surface area contributed by atoms with E-state index in [0.29, 0.717) is 5.56 Å². The van der Waals surface area contributed by atoms with Crippen molar-refractivity contribution in [1.29, 1.82) is 0 Å². The zero-order valence-corrected chi connectivity index (χ0v) is 19.1. The first-order valence-corrected chi connectivity index (χ1v) is 11.4. The zero-order chi connectivity index (χ0) is 24.4. The molecule has 0 bridgehead atoms. The van der Waals surface area contributed by atoms with Crippen LogP contribution in [0.25, 0.3) is 0 Å². The molecule has 0 aromatic heterocycles. The van der Waals surface area contributed by atoms with Crippen molar-refractivity contribution in [3.05, 3.63) is 59.2 Å². The number of sulfonamides is 1. The number of carboxylic acids is 1. The van der Waals surface area contributed by atoms with E-state index in [-0.39, 0.29) is 46.5 Å². The van der Waals surface area contributed by atoms with Crippen molar-refractivity contribution in [1.82, 2.24) is 10.3 Å². The second-order valence-electron chi connectivity index (χ2n) is 8.38. The van der Waals surface area contributed by atoms with Gasteiger partial charge in [0.1, 0.15) is 10.6 Å². The number of aromatic hydroxyl groups is 1. The Hall–Kier alpha value is -3.73. The van der Waals surface area contributed by atoms with Crippen molar-refractivity contribution in [3.63, 3.8) is 0 Å². The molecule has 2 aromatic rings. The smallest absolute Gasteiger partial charge is 0.335 e. The highest BCUT2D eigenvalue weighted by Gasteiger charge is 2.32. The van der Waals surface area contributed by atoms with Crippen molar-refractivity contribution in [2.75, 3.05) is 6.54 Å². The third-order valence-corrected chi connectivity index (χ3v) is 5.86. The van der Waals surface area contributed by atoms with Crippen LogP contribution in [0.5, 0.6) is 5.75 Å². The predicted molar refractivity (Wildman–Crippen MR) is 122 cm³/mol. The van der Waals surface area contributed by atoms with Gasteiger partial charge in [0.25, 0.3) is 10.0 Å². The number of hydrogen-bond acceptors (Lipinski definition) is 7. The maximum atomic E-state index is 12.5. The Morgan fingerprint density at radius 1 is 1.18 bits per heavy atom. The number of amidine groups is 1. The molecule has 0 spiro atoms. The Labute approximate surface area is 191 Å². The van der Waals surface area contributed by atoms with E-state index in [0.717, 1.165) is 0 Å². The number of nitrogens with zero attached hydrogens (tertiary/aromatic N) is 3. The van der Waals surface area contributed by atoms with Gasteiger partial charge in [0.2, 0.25) is 5.91 Å². The molecular formula is C22H24N4O6S. The number of benzene rings is 2. The lowest BCUT2D eigenvalue weighted by Gasteiger charge is -2.22. The third kappa shape index (κ3) is 5.75. The van der Waals surface area contributed by atoms with Gasteiger partial charge in [0.15, 0.2) is 5.84 Å². The van der Waals surface area contributed by atoms with E-state index in [1.165, 1.54) is 35.5 Å². The molecular weight excluding hydrogens is 448 g/mol. The Balaban J connectivity index is 1.97. The highest BCUT2D eigenvalue weighted by atomic mass is 32.2. The van der Waals surface area contributed by atoms with E-state index in [2.05, 4.69) is 14.8 Å². The van der Waals surface area contributed by atoms with Gasteiger partial charge >= 0.3 is 5.97 Å². The monoisotopic (exact) mass is 472 g/mol. The molecule has 3 rings (SSSR count). The second-order valence-corrected chi connectivity index (χ2v) is 9.95. The number of hydrazone groups is 1. The van der Waals surface area contributed by atoms with Crippen LogP contribution >= 0.6 is 0 Å². The van der Waals surface area contributed by atoms with E-state index in [4.69, 9.17) is 0 Å². The number of fused-ring (bicyclic) bond motifs is 1. The molecule has 3 N–H and O–H groups in total. The van der Waals surface area contributed by atoms with E-state index in [9.17, 15) is 28.2 Å². The summed E-state index contributed by atoms with van der Waals surface area (Å²) in [7, 11) is -3.93. The first-order valence-electron chi connectivity index (χ1n) is 10.0. The summed E-state index contributed by atoms with van der Waals surface area (Å²) in [5.41, 5.74) is -0.0747. The van der Waals surface area contributed by atoms with Gasteiger partial charge in [-0.05, 0) is 51.1 Å². The molecule has 2 aromatic carbocycles. The van der Waals surface area contributed by atoms with E-state index >= 15 is 0 Å². The maximum absolute atomic E-state index is 12.5. The molecule has 174 valence electrons.